The van der Waals surface area contributed by atoms with Crippen molar-refractivity contribution in [3.63, 3.8) is 0 Å². The van der Waals surface area contributed by atoms with Gasteiger partial charge < -0.3 is 10.1 Å². The highest BCUT2D eigenvalue weighted by Crippen LogP contribution is 2.25. The molecule has 0 radical (unpaired) electrons. The average molecular weight is 166 g/mol. The molecule has 12 heavy (non-hydrogen) atoms. The van der Waals surface area contributed by atoms with Crippen molar-refractivity contribution < 1.29 is 4.74 Å². The Balaban J connectivity index is 2.04. The van der Waals surface area contributed by atoms with E-state index in [0.29, 0.717) is 18.8 Å². The average Bonchev–Trinajstić information content (AvgIpc) is 2.71. The number of nitrogens with zero attached hydrogens (tertiary/aromatic N) is 3. The fourth-order valence-corrected chi connectivity index (χ4v) is 1.89. The molecule has 0 bridgehead atoms. The van der Waals surface area contributed by atoms with Gasteiger partial charge in [-0.2, -0.15) is 0 Å². The number of hydrogen-bond donors (Lipinski definition) is 1. The zero-order valence-corrected chi connectivity index (χ0v) is 6.60. The molecule has 1 fully saturated rings. The van der Waals surface area contributed by atoms with Gasteiger partial charge in [0, 0.05) is 13.1 Å². The monoisotopic (exact) mass is 166 g/mol. The number of hydrogen-bond acceptors (Lipinski definition) is 4. The zero-order valence-electron chi connectivity index (χ0n) is 6.60. The summed E-state index contributed by atoms with van der Waals surface area (Å²) in [5, 5.41) is 11.2. The van der Waals surface area contributed by atoms with Crippen molar-refractivity contribution in [3.8, 4) is 0 Å². The molecule has 3 heterocycles. The summed E-state index contributed by atoms with van der Waals surface area (Å²) in [6.07, 6.45) is 2.06. The van der Waals surface area contributed by atoms with Gasteiger partial charge in [0.05, 0.1) is 30.6 Å². The Kier molecular flexibility index (Phi) is 1.24. The van der Waals surface area contributed by atoms with Crippen molar-refractivity contribution in [1.82, 2.24) is 20.3 Å². The van der Waals surface area contributed by atoms with Crippen molar-refractivity contribution in [1.29, 1.82) is 0 Å². The van der Waals surface area contributed by atoms with Gasteiger partial charge in [0.2, 0.25) is 0 Å². The first-order chi connectivity index (χ1) is 5.95. The van der Waals surface area contributed by atoms with E-state index in [4.69, 9.17) is 4.74 Å². The Labute approximate surface area is 69.7 Å². The number of nitrogens with one attached hydrogen (secondary N) is 1. The van der Waals surface area contributed by atoms with Crippen LogP contribution in [0.25, 0.3) is 0 Å². The molecule has 64 valence electrons. The van der Waals surface area contributed by atoms with Crippen LogP contribution in [-0.2, 0) is 11.3 Å². The standard InChI is InChI=1S/C7H10N4O/c1-5-4-12-7-3-8-2-6(7)11(5)10-9-1/h1,6-8H,2-4H2/t6-,7?/m1/s1. The van der Waals surface area contributed by atoms with Gasteiger partial charge in [-0.15, -0.1) is 5.10 Å². The molecule has 0 aliphatic carbocycles. The number of aromatic nitrogens is 3. The Morgan fingerprint density at radius 2 is 2.58 bits per heavy atom. The third kappa shape index (κ3) is 0.748. The normalized spacial score (nSPS) is 33.0. The van der Waals surface area contributed by atoms with Crippen molar-refractivity contribution in [3.05, 3.63) is 11.9 Å². The molecule has 5 nitrogen and oxygen atoms in total. The fraction of sp³-hybridized carbons (Fsp3) is 0.714. The maximum atomic E-state index is 5.62. The third-order valence-electron chi connectivity index (χ3n) is 2.54. The van der Waals surface area contributed by atoms with Crippen LogP contribution >= 0.6 is 0 Å². The van der Waals surface area contributed by atoms with Crippen LogP contribution in [0, 0.1) is 0 Å². The summed E-state index contributed by atoms with van der Waals surface area (Å²) < 4.78 is 7.60. The molecule has 1 unspecified atom stereocenters. The van der Waals surface area contributed by atoms with Crippen LogP contribution in [0.2, 0.25) is 0 Å². The molecule has 5 heteroatoms. The molecule has 1 aromatic rings. The molecule has 2 aliphatic rings. The molecule has 3 rings (SSSR count). The Morgan fingerprint density at radius 1 is 1.58 bits per heavy atom. The molecule has 1 N–H and O–H groups in total. The van der Waals surface area contributed by atoms with Crippen molar-refractivity contribution in [2.75, 3.05) is 13.1 Å². The fourth-order valence-electron chi connectivity index (χ4n) is 1.89. The number of fused-ring (bicyclic) bond motifs is 3. The SMILES string of the molecule is c1nnn2c1COC1CNC[C@H]12. The van der Waals surface area contributed by atoms with Gasteiger partial charge in [-0.05, 0) is 0 Å². The van der Waals surface area contributed by atoms with E-state index >= 15 is 0 Å². The molecular weight excluding hydrogens is 156 g/mol. The van der Waals surface area contributed by atoms with Crippen LogP contribution in [0.5, 0.6) is 0 Å². The van der Waals surface area contributed by atoms with Gasteiger partial charge in [-0.3, -0.25) is 0 Å². The van der Waals surface area contributed by atoms with Crippen LogP contribution in [0.15, 0.2) is 6.20 Å². The maximum Gasteiger partial charge on any atom is 0.0941 e. The van der Waals surface area contributed by atoms with E-state index in [1.165, 1.54) is 0 Å². The number of ether oxygens (including phenoxy) is 1. The summed E-state index contributed by atoms with van der Waals surface area (Å²) in [5.74, 6) is 0. The highest BCUT2D eigenvalue weighted by Gasteiger charge is 2.34. The van der Waals surface area contributed by atoms with E-state index in [-0.39, 0.29) is 0 Å². The summed E-state index contributed by atoms with van der Waals surface area (Å²) in [4.78, 5) is 0. The quantitative estimate of drug-likeness (QED) is 0.555. The van der Waals surface area contributed by atoms with E-state index < -0.39 is 0 Å². The molecule has 2 atom stereocenters. The maximum absolute atomic E-state index is 5.62. The van der Waals surface area contributed by atoms with Crippen molar-refractivity contribution >= 4 is 0 Å². The molecule has 0 aromatic carbocycles. The summed E-state index contributed by atoms with van der Waals surface area (Å²) in [7, 11) is 0. The Bertz CT molecular complexity index is 297. The second kappa shape index (κ2) is 2.27. The topological polar surface area (TPSA) is 52.0 Å². The molecule has 1 aromatic heterocycles. The minimum atomic E-state index is 0.291. The Morgan fingerprint density at radius 3 is 3.58 bits per heavy atom. The predicted molar refractivity (Wildman–Crippen MR) is 40.5 cm³/mol. The van der Waals surface area contributed by atoms with E-state index in [9.17, 15) is 0 Å². The lowest BCUT2D eigenvalue weighted by Crippen LogP contribution is -2.32. The number of rotatable bonds is 0. The smallest absolute Gasteiger partial charge is 0.0941 e. The van der Waals surface area contributed by atoms with Gasteiger partial charge in [0.15, 0.2) is 0 Å². The lowest BCUT2D eigenvalue weighted by atomic mass is 10.2. The van der Waals surface area contributed by atoms with Crippen LogP contribution < -0.4 is 5.32 Å². The molecule has 0 spiro atoms. The summed E-state index contributed by atoms with van der Waals surface area (Å²) in [5.41, 5.74) is 1.08. The lowest BCUT2D eigenvalue weighted by Gasteiger charge is -2.25. The summed E-state index contributed by atoms with van der Waals surface area (Å²) in [6.45, 7) is 2.53. The Hall–Kier alpha value is -0.940. The van der Waals surface area contributed by atoms with E-state index in [0.717, 1.165) is 18.8 Å². The minimum Gasteiger partial charge on any atom is -0.368 e. The van der Waals surface area contributed by atoms with Crippen LogP contribution in [0.3, 0.4) is 0 Å². The zero-order chi connectivity index (χ0) is 7.97. The van der Waals surface area contributed by atoms with Gasteiger partial charge >= 0.3 is 0 Å². The van der Waals surface area contributed by atoms with E-state index in [2.05, 4.69) is 15.6 Å². The first-order valence-electron chi connectivity index (χ1n) is 4.16. The van der Waals surface area contributed by atoms with Crippen molar-refractivity contribution in [2.24, 2.45) is 0 Å². The first kappa shape index (κ1) is 6.56. The lowest BCUT2D eigenvalue weighted by molar-refractivity contribution is -0.00289. The van der Waals surface area contributed by atoms with Gasteiger partial charge in [0.25, 0.3) is 0 Å². The molecule has 2 aliphatic heterocycles. The largest absolute Gasteiger partial charge is 0.368 e. The van der Waals surface area contributed by atoms with Gasteiger partial charge in [-0.25, -0.2) is 4.68 Å². The second-order valence-electron chi connectivity index (χ2n) is 3.24. The van der Waals surface area contributed by atoms with Crippen molar-refractivity contribution in [2.45, 2.75) is 18.8 Å². The van der Waals surface area contributed by atoms with Crippen LogP contribution in [0.4, 0.5) is 0 Å². The van der Waals surface area contributed by atoms with Crippen LogP contribution in [-0.4, -0.2) is 34.2 Å². The molecule has 0 saturated carbocycles. The van der Waals surface area contributed by atoms with Gasteiger partial charge in [0.1, 0.15) is 0 Å². The first-order valence-corrected chi connectivity index (χ1v) is 4.16. The predicted octanol–water partition coefficient (Wildman–Crippen LogP) is -0.679. The van der Waals surface area contributed by atoms with E-state index in [1.54, 1.807) is 6.20 Å². The molecule has 1 saturated heterocycles. The van der Waals surface area contributed by atoms with Crippen LogP contribution in [0.1, 0.15) is 11.7 Å². The second-order valence-corrected chi connectivity index (χ2v) is 3.24. The summed E-state index contributed by atoms with van der Waals surface area (Å²) in [6, 6.07) is 0.358. The summed E-state index contributed by atoms with van der Waals surface area (Å²) >= 11 is 0. The van der Waals surface area contributed by atoms with E-state index in [1.807, 2.05) is 4.68 Å². The third-order valence-corrected chi connectivity index (χ3v) is 2.54. The minimum absolute atomic E-state index is 0.291. The highest BCUT2D eigenvalue weighted by atomic mass is 16.5. The highest BCUT2D eigenvalue weighted by molar-refractivity contribution is 5.01. The molecular formula is C7H10N4O. The van der Waals surface area contributed by atoms with Gasteiger partial charge in [-0.1, -0.05) is 5.21 Å². The molecule has 0 amide bonds.